The molecular weight excluding hydrogens is 240 g/mol. The molecule has 0 atom stereocenters. The summed E-state index contributed by atoms with van der Waals surface area (Å²) < 4.78 is 0. The predicted molar refractivity (Wildman–Crippen MR) is 66.2 cm³/mol. The summed E-state index contributed by atoms with van der Waals surface area (Å²) in [7, 11) is 0. The summed E-state index contributed by atoms with van der Waals surface area (Å²) in [5.41, 5.74) is 0.563. The molecule has 6 heteroatoms. The van der Waals surface area contributed by atoms with Crippen LogP contribution in [0.2, 0.25) is 0 Å². The Morgan fingerprint density at radius 1 is 0.833 bits per heavy atom. The Kier molecular flexibility index (Phi) is 12.3. The number of aliphatic carboxylic acids is 2. The summed E-state index contributed by atoms with van der Waals surface area (Å²) in [5.74, 6) is -1.85. The fourth-order valence-electron chi connectivity index (χ4n) is 0.737. The van der Waals surface area contributed by atoms with Crippen molar-refractivity contribution in [2.24, 2.45) is 0 Å². The minimum atomic E-state index is -0.927. The summed E-state index contributed by atoms with van der Waals surface area (Å²) in [6.45, 7) is 3.01. The van der Waals surface area contributed by atoms with Crippen molar-refractivity contribution < 1.29 is 30.0 Å². The largest absolute Gasteiger partial charge is 0.478 e. The normalized spacial score (nSPS) is 11.6. The van der Waals surface area contributed by atoms with Crippen LogP contribution in [-0.4, -0.2) is 45.6 Å². The van der Waals surface area contributed by atoms with Crippen LogP contribution < -0.4 is 0 Å². The molecule has 0 amide bonds. The Labute approximate surface area is 106 Å². The molecule has 6 nitrogen and oxygen atoms in total. The zero-order valence-corrected chi connectivity index (χ0v) is 10.6. The highest BCUT2D eigenvalue weighted by Crippen LogP contribution is 1.93. The highest BCUT2D eigenvalue weighted by Gasteiger charge is 1.96. The van der Waals surface area contributed by atoms with E-state index in [0.29, 0.717) is 12.8 Å². The minimum absolute atomic E-state index is 0.00458. The van der Waals surface area contributed by atoms with E-state index in [1.807, 2.05) is 0 Å². The third kappa shape index (κ3) is 12.4. The Bertz CT molecular complexity index is 285. The molecule has 104 valence electrons. The SMILES string of the molecule is CC(=CCCO)C(=O)O.CC(=CCCO)C(=O)O. The number of rotatable bonds is 6. The fourth-order valence-corrected chi connectivity index (χ4v) is 0.737. The van der Waals surface area contributed by atoms with Gasteiger partial charge in [-0.25, -0.2) is 9.59 Å². The van der Waals surface area contributed by atoms with Crippen LogP contribution in [0.5, 0.6) is 0 Å². The van der Waals surface area contributed by atoms with Gasteiger partial charge < -0.3 is 20.4 Å². The molecule has 4 N–H and O–H groups in total. The van der Waals surface area contributed by atoms with Crippen molar-refractivity contribution in [3.05, 3.63) is 23.3 Å². The van der Waals surface area contributed by atoms with E-state index in [9.17, 15) is 9.59 Å². The standard InChI is InChI=1S/2C6H10O3/c2*1-5(6(8)9)3-2-4-7/h2*3,7H,2,4H2,1H3,(H,8,9). The molecule has 0 aliphatic rings. The molecular formula is C12H20O6. The van der Waals surface area contributed by atoms with Crippen molar-refractivity contribution in [1.82, 2.24) is 0 Å². The first-order chi connectivity index (χ1) is 8.36. The molecule has 0 aliphatic heterocycles. The topological polar surface area (TPSA) is 115 Å². The van der Waals surface area contributed by atoms with Crippen LogP contribution in [-0.2, 0) is 9.59 Å². The maximum atomic E-state index is 10.1. The van der Waals surface area contributed by atoms with Crippen molar-refractivity contribution in [3.63, 3.8) is 0 Å². The number of carbonyl (C=O) groups is 2. The molecule has 0 heterocycles. The molecule has 0 aromatic carbocycles. The first-order valence-electron chi connectivity index (χ1n) is 5.38. The molecule has 18 heavy (non-hydrogen) atoms. The first kappa shape index (κ1) is 18.7. The fraction of sp³-hybridized carbons (Fsp3) is 0.500. The van der Waals surface area contributed by atoms with E-state index in [1.54, 1.807) is 0 Å². The highest BCUT2D eigenvalue weighted by atomic mass is 16.4. The van der Waals surface area contributed by atoms with Crippen molar-refractivity contribution in [2.45, 2.75) is 26.7 Å². The number of hydrogen-bond donors (Lipinski definition) is 4. The smallest absolute Gasteiger partial charge is 0.330 e. The van der Waals surface area contributed by atoms with E-state index < -0.39 is 11.9 Å². The Morgan fingerprint density at radius 3 is 1.28 bits per heavy atom. The molecule has 0 saturated carbocycles. The number of hydrogen-bond acceptors (Lipinski definition) is 4. The van der Waals surface area contributed by atoms with Crippen LogP contribution in [0.3, 0.4) is 0 Å². The molecule has 0 fully saturated rings. The van der Waals surface area contributed by atoms with Crippen molar-refractivity contribution in [1.29, 1.82) is 0 Å². The lowest BCUT2D eigenvalue weighted by atomic mass is 10.2. The van der Waals surface area contributed by atoms with E-state index >= 15 is 0 Å². The van der Waals surface area contributed by atoms with Gasteiger partial charge in [-0.1, -0.05) is 12.2 Å². The summed E-state index contributed by atoms with van der Waals surface area (Å²) in [6, 6.07) is 0. The number of carboxylic acids is 2. The maximum Gasteiger partial charge on any atom is 0.330 e. The van der Waals surface area contributed by atoms with Crippen LogP contribution >= 0.6 is 0 Å². The Hall–Kier alpha value is -1.66. The molecule has 0 aromatic rings. The monoisotopic (exact) mass is 260 g/mol. The van der Waals surface area contributed by atoms with E-state index in [0.717, 1.165) is 0 Å². The van der Waals surface area contributed by atoms with Gasteiger partial charge in [0.25, 0.3) is 0 Å². The van der Waals surface area contributed by atoms with Crippen molar-refractivity contribution in [3.8, 4) is 0 Å². The number of carboxylic acid groups (broad SMARTS) is 2. The van der Waals surface area contributed by atoms with Gasteiger partial charge >= 0.3 is 11.9 Å². The average molecular weight is 260 g/mol. The zero-order valence-electron chi connectivity index (χ0n) is 10.6. The second-order valence-corrected chi connectivity index (χ2v) is 3.41. The van der Waals surface area contributed by atoms with E-state index in [4.69, 9.17) is 20.4 Å². The van der Waals surface area contributed by atoms with Gasteiger partial charge in [0.05, 0.1) is 0 Å². The van der Waals surface area contributed by atoms with Crippen LogP contribution in [0, 0.1) is 0 Å². The molecule has 0 bridgehead atoms. The second-order valence-electron chi connectivity index (χ2n) is 3.41. The lowest BCUT2D eigenvalue weighted by Crippen LogP contribution is -1.95. The Morgan fingerprint density at radius 2 is 1.11 bits per heavy atom. The molecule has 0 saturated heterocycles. The quantitative estimate of drug-likeness (QED) is 0.525. The van der Waals surface area contributed by atoms with Gasteiger partial charge in [-0.05, 0) is 26.7 Å². The molecule has 0 rings (SSSR count). The number of aliphatic hydroxyl groups is 2. The van der Waals surface area contributed by atoms with Gasteiger partial charge in [-0.3, -0.25) is 0 Å². The highest BCUT2D eigenvalue weighted by molar-refractivity contribution is 5.86. The van der Waals surface area contributed by atoms with Crippen LogP contribution in [0.4, 0.5) is 0 Å². The van der Waals surface area contributed by atoms with Gasteiger partial charge in [0.15, 0.2) is 0 Å². The summed E-state index contributed by atoms with van der Waals surface area (Å²) >= 11 is 0. The van der Waals surface area contributed by atoms with Gasteiger partial charge in [0, 0.05) is 24.4 Å². The van der Waals surface area contributed by atoms with Crippen LogP contribution in [0.15, 0.2) is 23.3 Å². The zero-order chi connectivity index (χ0) is 14.6. The lowest BCUT2D eigenvalue weighted by Gasteiger charge is -1.89. The molecule has 0 spiro atoms. The van der Waals surface area contributed by atoms with E-state index in [-0.39, 0.29) is 24.4 Å². The van der Waals surface area contributed by atoms with E-state index in [1.165, 1.54) is 26.0 Å². The van der Waals surface area contributed by atoms with Crippen LogP contribution in [0.25, 0.3) is 0 Å². The lowest BCUT2D eigenvalue weighted by molar-refractivity contribution is -0.133. The van der Waals surface area contributed by atoms with Gasteiger partial charge in [0.1, 0.15) is 0 Å². The molecule has 0 aliphatic carbocycles. The Balaban J connectivity index is 0. The second kappa shape index (κ2) is 11.8. The third-order valence-corrected chi connectivity index (χ3v) is 1.83. The summed E-state index contributed by atoms with van der Waals surface area (Å²) in [5, 5.41) is 33.0. The number of aliphatic hydroxyl groups excluding tert-OH is 2. The molecule has 0 unspecified atom stereocenters. The van der Waals surface area contributed by atoms with Gasteiger partial charge in [-0.2, -0.15) is 0 Å². The van der Waals surface area contributed by atoms with Crippen molar-refractivity contribution in [2.75, 3.05) is 13.2 Å². The average Bonchev–Trinajstić information content (AvgIpc) is 2.33. The van der Waals surface area contributed by atoms with Gasteiger partial charge in [-0.15, -0.1) is 0 Å². The summed E-state index contributed by atoms with van der Waals surface area (Å²) in [6.07, 6.45) is 3.81. The third-order valence-electron chi connectivity index (χ3n) is 1.83. The van der Waals surface area contributed by atoms with Crippen LogP contribution in [0.1, 0.15) is 26.7 Å². The predicted octanol–water partition coefficient (Wildman–Crippen LogP) is 0.799. The maximum absolute atomic E-state index is 10.1. The first-order valence-corrected chi connectivity index (χ1v) is 5.38. The minimum Gasteiger partial charge on any atom is -0.478 e. The molecule has 0 radical (unpaired) electrons. The van der Waals surface area contributed by atoms with Crippen molar-refractivity contribution >= 4 is 11.9 Å². The summed E-state index contributed by atoms with van der Waals surface area (Å²) in [4.78, 5) is 20.1. The van der Waals surface area contributed by atoms with Gasteiger partial charge in [0.2, 0.25) is 0 Å². The molecule has 0 aromatic heterocycles. The van der Waals surface area contributed by atoms with E-state index in [2.05, 4.69) is 0 Å².